The minimum absolute atomic E-state index is 0.0493. The molecule has 1 aliphatic carbocycles. The molecule has 7 heteroatoms. The molecule has 5 rings (SSSR count). The van der Waals surface area contributed by atoms with Gasteiger partial charge in [0.1, 0.15) is 5.56 Å². The highest BCUT2D eigenvalue weighted by Crippen LogP contribution is 2.34. The van der Waals surface area contributed by atoms with Gasteiger partial charge in [0.05, 0.1) is 6.04 Å². The predicted molar refractivity (Wildman–Crippen MR) is 93.8 cm³/mol. The molecular formula is C18H26N4O3. The molecule has 1 saturated carbocycles. The van der Waals surface area contributed by atoms with Gasteiger partial charge in [-0.3, -0.25) is 19.1 Å². The number of H-pyrrole nitrogens is 1. The first-order chi connectivity index (χ1) is 12.1. The molecule has 0 aromatic carbocycles. The molecule has 1 aromatic heterocycles. The van der Waals surface area contributed by atoms with Crippen LogP contribution in [0.25, 0.3) is 0 Å². The van der Waals surface area contributed by atoms with Gasteiger partial charge in [-0.05, 0) is 50.6 Å². The van der Waals surface area contributed by atoms with E-state index in [-0.39, 0.29) is 17.5 Å². The molecule has 1 unspecified atom stereocenters. The molecule has 0 spiro atoms. The number of piperidine rings is 3. The van der Waals surface area contributed by atoms with Gasteiger partial charge in [-0.15, -0.1) is 0 Å². The van der Waals surface area contributed by atoms with E-state index in [0.717, 1.165) is 45.3 Å². The first kappa shape index (κ1) is 16.6. The standard InChI is InChI=1S/C18H26N4O3/c23-16(19-9-12-3-1-2-4-12)14-10-22(18(25)20-17(14)24)15-11-21-7-5-13(15)6-8-21/h10,12-13,15H,1-9,11H2,(H,19,23)(H,20,24,25). The van der Waals surface area contributed by atoms with Crippen LogP contribution in [0.5, 0.6) is 0 Å². The van der Waals surface area contributed by atoms with Crippen molar-refractivity contribution >= 4 is 5.91 Å². The van der Waals surface area contributed by atoms with Crippen LogP contribution in [-0.4, -0.2) is 46.5 Å². The minimum atomic E-state index is -0.591. The highest BCUT2D eigenvalue weighted by atomic mass is 16.2. The van der Waals surface area contributed by atoms with E-state index in [9.17, 15) is 14.4 Å². The first-order valence-electron chi connectivity index (χ1n) is 9.48. The molecule has 136 valence electrons. The molecule has 4 heterocycles. The number of carbonyl (C=O) groups excluding carboxylic acids is 1. The average molecular weight is 346 g/mol. The van der Waals surface area contributed by atoms with Crippen molar-refractivity contribution in [2.75, 3.05) is 26.2 Å². The van der Waals surface area contributed by atoms with Crippen molar-refractivity contribution in [2.24, 2.45) is 11.8 Å². The summed E-state index contributed by atoms with van der Waals surface area (Å²) in [5.74, 6) is 0.585. The van der Waals surface area contributed by atoms with Crippen molar-refractivity contribution < 1.29 is 4.79 Å². The summed E-state index contributed by atoms with van der Waals surface area (Å²) in [5.41, 5.74) is -0.948. The van der Waals surface area contributed by atoms with E-state index in [2.05, 4.69) is 15.2 Å². The van der Waals surface area contributed by atoms with E-state index in [1.807, 2.05) is 0 Å². The average Bonchev–Trinajstić information content (AvgIpc) is 3.14. The molecule has 1 atom stereocenters. The Morgan fingerprint density at radius 1 is 1.16 bits per heavy atom. The van der Waals surface area contributed by atoms with Gasteiger partial charge in [0.25, 0.3) is 11.5 Å². The Hall–Kier alpha value is -1.89. The summed E-state index contributed by atoms with van der Waals surface area (Å²) in [5, 5.41) is 2.88. The zero-order valence-corrected chi connectivity index (χ0v) is 14.5. The van der Waals surface area contributed by atoms with E-state index >= 15 is 0 Å². The van der Waals surface area contributed by atoms with Crippen LogP contribution in [0.4, 0.5) is 0 Å². The Kier molecular flexibility index (Phi) is 4.50. The number of hydrogen-bond donors (Lipinski definition) is 2. The second-order valence-corrected chi connectivity index (χ2v) is 7.78. The largest absolute Gasteiger partial charge is 0.352 e. The molecule has 1 aromatic rings. The number of fused-ring (bicyclic) bond motifs is 3. The molecule has 2 N–H and O–H groups in total. The maximum atomic E-state index is 12.5. The Labute approximate surface area is 146 Å². The second kappa shape index (κ2) is 6.78. The number of nitrogens with zero attached hydrogens (tertiary/aromatic N) is 2. The quantitative estimate of drug-likeness (QED) is 0.841. The molecule has 0 radical (unpaired) electrons. The fourth-order valence-electron chi connectivity index (χ4n) is 4.69. The first-order valence-corrected chi connectivity index (χ1v) is 9.48. The molecule has 7 nitrogen and oxygen atoms in total. The highest BCUT2D eigenvalue weighted by Gasteiger charge is 2.36. The van der Waals surface area contributed by atoms with Crippen LogP contribution in [0.3, 0.4) is 0 Å². The summed E-state index contributed by atoms with van der Waals surface area (Å²) in [4.78, 5) is 41.6. The van der Waals surface area contributed by atoms with Crippen LogP contribution in [0.2, 0.25) is 0 Å². The zero-order chi connectivity index (χ0) is 17.4. The highest BCUT2D eigenvalue weighted by molar-refractivity contribution is 5.93. The summed E-state index contributed by atoms with van der Waals surface area (Å²) in [6.07, 6.45) is 8.32. The number of nitrogens with one attached hydrogen (secondary N) is 2. The van der Waals surface area contributed by atoms with Crippen molar-refractivity contribution in [3.63, 3.8) is 0 Å². The molecule has 3 saturated heterocycles. The third kappa shape index (κ3) is 3.29. The summed E-state index contributed by atoms with van der Waals surface area (Å²) in [6, 6.07) is 0.0493. The van der Waals surface area contributed by atoms with Crippen LogP contribution < -0.4 is 16.6 Å². The van der Waals surface area contributed by atoms with Crippen molar-refractivity contribution in [1.82, 2.24) is 19.8 Å². The maximum absolute atomic E-state index is 12.5. The van der Waals surface area contributed by atoms with E-state index in [1.165, 1.54) is 19.0 Å². The Bertz CT molecular complexity index is 754. The number of aromatic amines is 1. The van der Waals surface area contributed by atoms with Gasteiger partial charge < -0.3 is 10.2 Å². The molecule has 4 fully saturated rings. The Balaban J connectivity index is 1.55. The summed E-state index contributed by atoms with van der Waals surface area (Å²) in [6.45, 7) is 3.58. The molecular weight excluding hydrogens is 320 g/mol. The third-order valence-electron chi connectivity index (χ3n) is 6.22. The van der Waals surface area contributed by atoms with Gasteiger partial charge >= 0.3 is 5.69 Å². The number of rotatable bonds is 4. The van der Waals surface area contributed by atoms with Crippen LogP contribution in [0.15, 0.2) is 15.8 Å². The third-order valence-corrected chi connectivity index (χ3v) is 6.22. The predicted octanol–water partition coefficient (Wildman–Crippen LogP) is 0.723. The van der Waals surface area contributed by atoms with Crippen LogP contribution >= 0.6 is 0 Å². The summed E-state index contributed by atoms with van der Waals surface area (Å²) >= 11 is 0. The Morgan fingerprint density at radius 2 is 1.88 bits per heavy atom. The fourth-order valence-corrected chi connectivity index (χ4v) is 4.69. The number of carbonyl (C=O) groups is 1. The number of hydrogen-bond acceptors (Lipinski definition) is 4. The topological polar surface area (TPSA) is 87.2 Å². The molecule has 3 aliphatic heterocycles. The smallest absolute Gasteiger partial charge is 0.328 e. The van der Waals surface area contributed by atoms with E-state index in [0.29, 0.717) is 18.4 Å². The van der Waals surface area contributed by atoms with Gasteiger partial charge in [0.2, 0.25) is 0 Å². The lowest BCUT2D eigenvalue weighted by atomic mass is 9.84. The molecule has 2 bridgehead atoms. The number of amides is 1. The van der Waals surface area contributed by atoms with Gasteiger partial charge in [-0.1, -0.05) is 12.8 Å². The second-order valence-electron chi connectivity index (χ2n) is 7.78. The lowest BCUT2D eigenvalue weighted by Gasteiger charge is -2.45. The van der Waals surface area contributed by atoms with Crippen LogP contribution in [0.1, 0.15) is 54.9 Å². The van der Waals surface area contributed by atoms with Crippen molar-refractivity contribution in [2.45, 2.75) is 44.6 Å². The Morgan fingerprint density at radius 3 is 2.52 bits per heavy atom. The molecule has 4 aliphatic rings. The number of aromatic nitrogens is 2. The van der Waals surface area contributed by atoms with Gasteiger partial charge in [0, 0.05) is 19.3 Å². The fraction of sp³-hybridized carbons (Fsp3) is 0.722. The van der Waals surface area contributed by atoms with E-state index < -0.39 is 11.2 Å². The normalized spacial score (nSPS) is 29.0. The minimum Gasteiger partial charge on any atom is -0.352 e. The van der Waals surface area contributed by atoms with Crippen molar-refractivity contribution in [1.29, 1.82) is 0 Å². The van der Waals surface area contributed by atoms with Gasteiger partial charge in [0.15, 0.2) is 0 Å². The zero-order valence-electron chi connectivity index (χ0n) is 14.5. The van der Waals surface area contributed by atoms with Crippen LogP contribution in [0, 0.1) is 11.8 Å². The van der Waals surface area contributed by atoms with E-state index in [4.69, 9.17) is 0 Å². The summed E-state index contributed by atoms with van der Waals surface area (Å²) < 4.78 is 1.59. The lowest BCUT2D eigenvalue weighted by Crippen LogP contribution is -2.51. The molecule has 25 heavy (non-hydrogen) atoms. The molecule has 1 amide bonds. The lowest BCUT2D eigenvalue weighted by molar-refractivity contribution is 0.0545. The summed E-state index contributed by atoms with van der Waals surface area (Å²) in [7, 11) is 0. The van der Waals surface area contributed by atoms with Crippen LogP contribution in [-0.2, 0) is 0 Å². The van der Waals surface area contributed by atoms with Crippen molar-refractivity contribution in [3.05, 3.63) is 32.6 Å². The SMILES string of the molecule is O=C(NCC1CCCC1)c1cn(C2CN3CCC2CC3)c(=O)[nH]c1=O. The van der Waals surface area contributed by atoms with Gasteiger partial charge in [-0.2, -0.15) is 0 Å². The van der Waals surface area contributed by atoms with E-state index in [1.54, 1.807) is 4.57 Å². The maximum Gasteiger partial charge on any atom is 0.328 e. The van der Waals surface area contributed by atoms with Gasteiger partial charge in [-0.25, -0.2) is 4.79 Å². The van der Waals surface area contributed by atoms with Crippen molar-refractivity contribution in [3.8, 4) is 0 Å². The monoisotopic (exact) mass is 346 g/mol.